The zero-order chi connectivity index (χ0) is 15.2. The van der Waals surface area contributed by atoms with Crippen LogP contribution >= 0.6 is 0 Å². The van der Waals surface area contributed by atoms with Gasteiger partial charge >= 0.3 is 0 Å². The zero-order valence-corrected chi connectivity index (χ0v) is 12.3. The molecule has 1 aliphatic heterocycles. The number of aliphatic hydroxyl groups is 1. The molecule has 0 unspecified atom stereocenters. The molecule has 1 aliphatic rings. The smallest absolute Gasteiger partial charge is 0.260 e. The van der Waals surface area contributed by atoms with Crippen LogP contribution in [0.15, 0.2) is 18.2 Å². The first kappa shape index (κ1) is 15.8. The normalized spacial score (nSPS) is 17.2. The van der Waals surface area contributed by atoms with Crippen molar-refractivity contribution in [3.05, 3.63) is 29.6 Å². The first-order valence-corrected chi connectivity index (χ1v) is 7.46. The molecule has 0 aliphatic carbocycles. The number of hydrogen-bond donors (Lipinski definition) is 1. The monoisotopic (exact) mass is 295 g/mol. The van der Waals surface area contributed by atoms with E-state index in [0.29, 0.717) is 5.56 Å². The fraction of sp³-hybridized carbons (Fsp3) is 0.562. The van der Waals surface area contributed by atoms with Crippen LogP contribution in [-0.4, -0.2) is 35.6 Å². The average molecular weight is 295 g/mol. The summed E-state index contributed by atoms with van der Waals surface area (Å²) in [6.45, 7) is 2.98. The molecule has 1 atom stereocenters. The summed E-state index contributed by atoms with van der Waals surface area (Å²) >= 11 is 0. The predicted octanol–water partition coefficient (Wildman–Crippen LogP) is 2.66. The van der Waals surface area contributed by atoms with E-state index in [4.69, 9.17) is 4.74 Å². The van der Waals surface area contributed by atoms with Crippen molar-refractivity contribution in [1.29, 1.82) is 0 Å². The highest BCUT2D eigenvalue weighted by molar-refractivity contribution is 5.77. The lowest BCUT2D eigenvalue weighted by Crippen LogP contribution is -2.35. The lowest BCUT2D eigenvalue weighted by Gasteiger charge is -2.21. The number of carbonyl (C=O) groups excluding carboxylic acids is 1. The first-order valence-electron chi connectivity index (χ1n) is 7.46. The largest absolute Gasteiger partial charge is 0.483 e. The van der Waals surface area contributed by atoms with Crippen molar-refractivity contribution in [1.82, 2.24) is 4.90 Å². The standard InChI is InChI=1S/C16H22FNO3/c1-12(19)14-7-6-13(17)10-15(14)21-11-16(20)18-8-4-2-3-5-9-18/h6-7,10,12,19H,2-5,8-9,11H2,1H3/t12-/m1/s1. The van der Waals surface area contributed by atoms with E-state index < -0.39 is 11.9 Å². The van der Waals surface area contributed by atoms with Crippen molar-refractivity contribution in [2.24, 2.45) is 0 Å². The third kappa shape index (κ3) is 4.43. The number of ether oxygens (including phenoxy) is 1. The summed E-state index contributed by atoms with van der Waals surface area (Å²) in [5, 5.41) is 9.65. The van der Waals surface area contributed by atoms with Crippen molar-refractivity contribution in [2.45, 2.75) is 38.7 Å². The quantitative estimate of drug-likeness (QED) is 0.929. The Kier molecular flexibility index (Phi) is 5.56. The van der Waals surface area contributed by atoms with Crippen molar-refractivity contribution in [3.8, 4) is 5.75 Å². The minimum absolute atomic E-state index is 0.0855. The van der Waals surface area contributed by atoms with E-state index in [1.807, 2.05) is 0 Å². The van der Waals surface area contributed by atoms with Gasteiger partial charge in [-0.3, -0.25) is 4.79 Å². The molecule has 2 rings (SSSR count). The molecule has 5 heteroatoms. The van der Waals surface area contributed by atoms with E-state index >= 15 is 0 Å². The Bertz CT molecular complexity index is 482. The fourth-order valence-electron chi connectivity index (χ4n) is 2.53. The molecule has 1 fully saturated rings. The van der Waals surface area contributed by atoms with Gasteiger partial charge in [-0.2, -0.15) is 0 Å². The lowest BCUT2D eigenvalue weighted by atomic mass is 10.1. The molecule has 0 saturated carbocycles. The third-order valence-corrected chi connectivity index (χ3v) is 3.74. The van der Waals surface area contributed by atoms with Crippen LogP contribution in [-0.2, 0) is 4.79 Å². The van der Waals surface area contributed by atoms with Crippen LogP contribution in [0.25, 0.3) is 0 Å². The number of halogens is 1. The number of nitrogens with zero attached hydrogens (tertiary/aromatic N) is 1. The fourth-order valence-corrected chi connectivity index (χ4v) is 2.53. The second-order valence-corrected chi connectivity index (χ2v) is 5.44. The minimum Gasteiger partial charge on any atom is -0.483 e. The molecule has 0 bridgehead atoms. The molecule has 0 radical (unpaired) electrons. The Balaban J connectivity index is 1.98. The maximum Gasteiger partial charge on any atom is 0.260 e. The molecule has 4 nitrogen and oxygen atoms in total. The van der Waals surface area contributed by atoms with Crippen molar-refractivity contribution in [3.63, 3.8) is 0 Å². The molecule has 0 aromatic heterocycles. The number of hydrogen-bond acceptors (Lipinski definition) is 3. The Morgan fingerprint density at radius 3 is 2.62 bits per heavy atom. The molecule has 1 aromatic carbocycles. The van der Waals surface area contributed by atoms with Crippen molar-refractivity contribution < 1.29 is 19.0 Å². The van der Waals surface area contributed by atoms with Gasteiger partial charge in [0.1, 0.15) is 11.6 Å². The summed E-state index contributed by atoms with van der Waals surface area (Å²) in [5.41, 5.74) is 0.486. The summed E-state index contributed by atoms with van der Waals surface area (Å²) in [6.07, 6.45) is 3.57. The maximum atomic E-state index is 13.3. The minimum atomic E-state index is -0.770. The van der Waals surface area contributed by atoms with Crippen molar-refractivity contribution in [2.75, 3.05) is 19.7 Å². The summed E-state index contributed by atoms with van der Waals surface area (Å²) < 4.78 is 18.7. The Hall–Kier alpha value is -1.62. The second kappa shape index (κ2) is 7.41. The van der Waals surface area contributed by atoms with Crippen LogP contribution in [0.5, 0.6) is 5.75 Å². The summed E-state index contributed by atoms with van der Waals surface area (Å²) in [6, 6.07) is 3.95. The van der Waals surface area contributed by atoms with E-state index in [2.05, 4.69) is 0 Å². The zero-order valence-electron chi connectivity index (χ0n) is 12.3. The van der Waals surface area contributed by atoms with Crippen LogP contribution in [0.3, 0.4) is 0 Å². The molecule has 1 saturated heterocycles. The molecule has 116 valence electrons. The van der Waals surface area contributed by atoms with Crippen molar-refractivity contribution >= 4 is 5.91 Å². The molecule has 1 aromatic rings. The third-order valence-electron chi connectivity index (χ3n) is 3.74. The van der Waals surface area contributed by atoms with Crippen LogP contribution < -0.4 is 4.74 Å². The molecular formula is C16H22FNO3. The van der Waals surface area contributed by atoms with Gasteiger partial charge in [0.25, 0.3) is 5.91 Å². The Morgan fingerprint density at radius 2 is 2.00 bits per heavy atom. The van der Waals surface area contributed by atoms with Crippen LogP contribution in [0.4, 0.5) is 4.39 Å². The number of benzene rings is 1. The van der Waals surface area contributed by atoms with Gasteiger partial charge in [0.15, 0.2) is 6.61 Å². The summed E-state index contributed by atoms with van der Waals surface area (Å²) in [5.74, 6) is -0.303. The number of aliphatic hydroxyl groups excluding tert-OH is 1. The lowest BCUT2D eigenvalue weighted by molar-refractivity contribution is -0.133. The number of likely N-dealkylation sites (tertiary alicyclic amines) is 1. The van der Waals surface area contributed by atoms with E-state index in [0.717, 1.165) is 38.8 Å². The van der Waals surface area contributed by atoms with Gasteiger partial charge in [-0.15, -0.1) is 0 Å². The predicted molar refractivity (Wildman–Crippen MR) is 77.6 cm³/mol. The highest BCUT2D eigenvalue weighted by Crippen LogP contribution is 2.26. The van der Waals surface area contributed by atoms with Gasteiger partial charge in [-0.25, -0.2) is 4.39 Å². The summed E-state index contributed by atoms with van der Waals surface area (Å²) in [4.78, 5) is 13.9. The van der Waals surface area contributed by atoms with Crippen LogP contribution in [0.1, 0.15) is 44.3 Å². The number of amides is 1. The molecule has 21 heavy (non-hydrogen) atoms. The molecule has 0 spiro atoms. The van der Waals surface area contributed by atoms with E-state index in [1.165, 1.54) is 18.2 Å². The number of carbonyl (C=O) groups is 1. The summed E-state index contributed by atoms with van der Waals surface area (Å²) in [7, 11) is 0. The molecule has 1 heterocycles. The molecule has 1 amide bonds. The van der Waals surface area contributed by atoms with Gasteiger partial charge < -0.3 is 14.7 Å². The van der Waals surface area contributed by atoms with Gasteiger partial charge in [-0.05, 0) is 31.9 Å². The average Bonchev–Trinajstić information content (AvgIpc) is 2.73. The highest BCUT2D eigenvalue weighted by Gasteiger charge is 2.17. The Labute approximate surface area is 124 Å². The molecular weight excluding hydrogens is 273 g/mol. The number of rotatable bonds is 4. The van der Waals surface area contributed by atoms with E-state index in [-0.39, 0.29) is 18.3 Å². The molecule has 1 N–H and O–H groups in total. The van der Waals surface area contributed by atoms with E-state index in [1.54, 1.807) is 11.8 Å². The van der Waals surface area contributed by atoms with Gasteiger partial charge in [0.05, 0.1) is 6.10 Å². The van der Waals surface area contributed by atoms with Crippen LogP contribution in [0.2, 0.25) is 0 Å². The highest BCUT2D eigenvalue weighted by atomic mass is 19.1. The first-order chi connectivity index (χ1) is 10.1. The topological polar surface area (TPSA) is 49.8 Å². The Morgan fingerprint density at radius 1 is 1.33 bits per heavy atom. The SMILES string of the molecule is C[C@@H](O)c1ccc(F)cc1OCC(=O)N1CCCCCC1. The van der Waals surface area contributed by atoms with Crippen LogP contribution in [0, 0.1) is 5.82 Å². The van der Waals surface area contributed by atoms with E-state index in [9.17, 15) is 14.3 Å². The van der Waals surface area contributed by atoms with Gasteiger partial charge in [0, 0.05) is 24.7 Å². The maximum absolute atomic E-state index is 13.3. The van der Waals surface area contributed by atoms with Gasteiger partial charge in [0.2, 0.25) is 0 Å². The van der Waals surface area contributed by atoms with Gasteiger partial charge in [-0.1, -0.05) is 12.8 Å². The second-order valence-electron chi connectivity index (χ2n) is 5.44.